The van der Waals surface area contributed by atoms with Crippen LogP contribution in [0.2, 0.25) is 0 Å². The van der Waals surface area contributed by atoms with Crippen molar-refractivity contribution in [2.24, 2.45) is 0 Å². The minimum atomic E-state index is 0.127. The lowest BCUT2D eigenvalue weighted by Crippen LogP contribution is -2.09. The highest BCUT2D eigenvalue weighted by Gasteiger charge is 2.24. The molecule has 1 radical (unpaired) electrons. The second-order valence-corrected chi connectivity index (χ2v) is 2.58. The Morgan fingerprint density at radius 1 is 1.55 bits per heavy atom. The quantitative estimate of drug-likeness (QED) is 0.540. The van der Waals surface area contributed by atoms with Gasteiger partial charge < -0.3 is 4.90 Å². The number of amides is 1. The van der Waals surface area contributed by atoms with E-state index in [1.807, 2.05) is 12.1 Å². The molecule has 1 fully saturated rings. The fourth-order valence-electron chi connectivity index (χ4n) is 0.962. The van der Waals surface area contributed by atoms with Crippen molar-refractivity contribution < 1.29 is 4.79 Å². The van der Waals surface area contributed by atoms with Crippen LogP contribution in [0.1, 0.15) is 10.4 Å². The molecule has 55 valence electrons. The molecule has 0 N–H and O–H groups in total. The van der Waals surface area contributed by atoms with Gasteiger partial charge in [0.15, 0.2) is 0 Å². The molecule has 2 nitrogen and oxygen atoms in total. The molecule has 1 heterocycles. The van der Waals surface area contributed by atoms with Crippen LogP contribution >= 0.6 is 0 Å². The van der Waals surface area contributed by atoms with E-state index in [-0.39, 0.29) is 5.91 Å². The van der Waals surface area contributed by atoms with Crippen molar-refractivity contribution in [3.63, 3.8) is 0 Å². The molecule has 0 aliphatic carbocycles. The number of carbonyl (C=O) groups is 1. The maximum atomic E-state index is 11.3. The molecule has 0 spiro atoms. The van der Waals surface area contributed by atoms with Gasteiger partial charge in [-0.15, -0.1) is 0 Å². The Bertz CT molecular complexity index is 264. The molecule has 0 aromatic heterocycles. The van der Waals surface area contributed by atoms with Gasteiger partial charge in [-0.25, -0.2) is 0 Å². The molecule has 0 unspecified atom stereocenters. The average molecular weight is 146 g/mol. The highest BCUT2D eigenvalue weighted by atomic mass is 16.2. The Morgan fingerprint density at radius 3 is 2.91 bits per heavy atom. The van der Waals surface area contributed by atoms with Gasteiger partial charge in [-0.2, -0.15) is 0 Å². The fourth-order valence-corrected chi connectivity index (χ4v) is 0.962. The molecular formula is C9H8NO. The van der Waals surface area contributed by atoms with E-state index < -0.39 is 0 Å². The molecule has 1 aromatic carbocycles. The largest absolute Gasteiger partial charge is 0.335 e. The first-order valence-corrected chi connectivity index (χ1v) is 3.63. The number of rotatable bonds is 1. The molecule has 0 bridgehead atoms. The second-order valence-electron chi connectivity index (χ2n) is 2.58. The van der Waals surface area contributed by atoms with Crippen LogP contribution in [0.4, 0.5) is 0 Å². The lowest BCUT2D eigenvalue weighted by molar-refractivity contribution is 0.0885. The van der Waals surface area contributed by atoms with E-state index in [0.29, 0.717) is 0 Å². The van der Waals surface area contributed by atoms with Gasteiger partial charge in [0.2, 0.25) is 0 Å². The Kier molecular flexibility index (Phi) is 1.39. The molecule has 1 saturated heterocycles. The molecule has 11 heavy (non-hydrogen) atoms. The molecular weight excluding hydrogens is 138 g/mol. The topological polar surface area (TPSA) is 20.1 Å². The molecule has 1 aromatic rings. The Hall–Kier alpha value is -1.31. The molecule has 1 aliphatic rings. The van der Waals surface area contributed by atoms with Crippen LogP contribution < -0.4 is 0 Å². The number of hydrogen-bond donors (Lipinski definition) is 0. The van der Waals surface area contributed by atoms with Crippen molar-refractivity contribution in [1.29, 1.82) is 0 Å². The van der Waals surface area contributed by atoms with E-state index in [4.69, 9.17) is 0 Å². The Morgan fingerprint density at radius 2 is 2.36 bits per heavy atom. The summed E-state index contributed by atoms with van der Waals surface area (Å²) in [7, 11) is 0. The van der Waals surface area contributed by atoms with Crippen LogP contribution in [0, 0.1) is 6.07 Å². The first-order valence-electron chi connectivity index (χ1n) is 3.63. The van der Waals surface area contributed by atoms with E-state index >= 15 is 0 Å². The summed E-state index contributed by atoms with van der Waals surface area (Å²) in [5.41, 5.74) is 0.741. The normalized spacial score (nSPS) is 14.7. The van der Waals surface area contributed by atoms with E-state index in [1.165, 1.54) is 0 Å². The predicted molar refractivity (Wildman–Crippen MR) is 41.2 cm³/mol. The van der Waals surface area contributed by atoms with E-state index in [9.17, 15) is 4.79 Å². The zero-order chi connectivity index (χ0) is 7.68. The van der Waals surface area contributed by atoms with Crippen molar-refractivity contribution in [2.75, 3.05) is 13.1 Å². The lowest BCUT2D eigenvalue weighted by atomic mass is 10.2. The third kappa shape index (κ3) is 1.24. The van der Waals surface area contributed by atoms with Gasteiger partial charge in [0.25, 0.3) is 5.91 Å². The van der Waals surface area contributed by atoms with E-state index in [1.54, 1.807) is 17.0 Å². The molecule has 0 atom stereocenters. The van der Waals surface area contributed by atoms with Gasteiger partial charge >= 0.3 is 0 Å². The van der Waals surface area contributed by atoms with Gasteiger partial charge in [-0.1, -0.05) is 12.1 Å². The third-order valence-corrected chi connectivity index (χ3v) is 1.69. The summed E-state index contributed by atoms with van der Waals surface area (Å²) < 4.78 is 0. The van der Waals surface area contributed by atoms with E-state index in [2.05, 4.69) is 6.07 Å². The number of benzene rings is 1. The van der Waals surface area contributed by atoms with Crippen molar-refractivity contribution >= 4 is 5.91 Å². The summed E-state index contributed by atoms with van der Waals surface area (Å²) >= 11 is 0. The summed E-state index contributed by atoms with van der Waals surface area (Å²) in [6.45, 7) is 1.82. The van der Waals surface area contributed by atoms with Crippen LogP contribution in [0.15, 0.2) is 24.3 Å². The Labute approximate surface area is 65.4 Å². The molecule has 0 saturated carbocycles. The SMILES string of the molecule is O=C(c1c[c]ccc1)N1CC1. The number of hydrogen-bond acceptors (Lipinski definition) is 1. The van der Waals surface area contributed by atoms with Gasteiger partial charge in [-0.3, -0.25) is 4.79 Å². The molecule has 2 heteroatoms. The zero-order valence-electron chi connectivity index (χ0n) is 6.08. The first-order chi connectivity index (χ1) is 5.38. The van der Waals surface area contributed by atoms with Gasteiger partial charge in [0.05, 0.1) is 0 Å². The monoisotopic (exact) mass is 146 g/mol. The first kappa shape index (κ1) is 6.40. The fraction of sp³-hybridized carbons (Fsp3) is 0.222. The molecule has 1 aliphatic heterocycles. The molecule has 1 amide bonds. The zero-order valence-corrected chi connectivity index (χ0v) is 6.08. The summed E-state index contributed by atoms with van der Waals surface area (Å²) in [5.74, 6) is 0.127. The molecule has 2 rings (SSSR count). The minimum absolute atomic E-state index is 0.127. The Balaban J connectivity index is 2.22. The maximum absolute atomic E-state index is 11.3. The van der Waals surface area contributed by atoms with Crippen LogP contribution in [-0.4, -0.2) is 23.9 Å². The summed E-state index contributed by atoms with van der Waals surface area (Å²) in [6, 6.07) is 10.0. The second kappa shape index (κ2) is 2.38. The number of carbonyl (C=O) groups excluding carboxylic acids is 1. The van der Waals surface area contributed by atoms with Crippen LogP contribution in [0.5, 0.6) is 0 Å². The van der Waals surface area contributed by atoms with Gasteiger partial charge in [-0.05, 0) is 18.2 Å². The minimum Gasteiger partial charge on any atom is -0.335 e. The van der Waals surface area contributed by atoms with Crippen molar-refractivity contribution in [2.45, 2.75) is 0 Å². The highest BCUT2D eigenvalue weighted by Crippen LogP contribution is 2.10. The summed E-state index contributed by atoms with van der Waals surface area (Å²) in [4.78, 5) is 13.1. The van der Waals surface area contributed by atoms with Crippen molar-refractivity contribution in [3.8, 4) is 0 Å². The van der Waals surface area contributed by atoms with Gasteiger partial charge in [0, 0.05) is 18.7 Å². The number of nitrogens with zero attached hydrogens (tertiary/aromatic N) is 1. The highest BCUT2D eigenvalue weighted by molar-refractivity contribution is 5.95. The standard InChI is InChI=1S/C9H8NO/c11-9(10-6-7-10)8-4-2-1-3-5-8/h1-2,4-5H,6-7H2. The van der Waals surface area contributed by atoms with Crippen molar-refractivity contribution in [3.05, 3.63) is 35.9 Å². The van der Waals surface area contributed by atoms with E-state index in [0.717, 1.165) is 18.7 Å². The van der Waals surface area contributed by atoms with Crippen molar-refractivity contribution in [1.82, 2.24) is 4.90 Å². The summed E-state index contributed by atoms with van der Waals surface area (Å²) in [5, 5.41) is 0. The van der Waals surface area contributed by atoms with Crippen LogP contribution in [0.3, 0.4) is 0 Å². The van der Waals surface area contributed by atoms with Crippen LogP contribution in [0.25, 0.3) is 0 Å². The average Bonchev–Trinajstić information content (AvgIpc) is 2.87. The predicted octanol–water partition coefficient (Wildman–Crippen LogP) is 0.943. The summed E-state index contributed by atoms with van der Waals surface area (Å²) in [6.07, 6.45) is 0. The maximum Gasteiger partial charge on any atom is 0.253 e. The van der Waals surface area contributed by atoms with Gasteiger partial charge in [0.1, 0.15) is 0 Å². The van der Waals surface area contributed by atoms with Crippen LogP contribution in [-0.2, 0) is 0 Å². The smallest absolute Gasteiger partial charge is 0.253 e. The third-order valence-electron chi connectivity index (χ3n) is 1.69. The lowest BCUT2D eigenvalue weighted by Gasteiger charge is -1.98.